The largest absolute Gasteiger partial charge is 0.512 e. The SMILES string of the molecule is CCc1cc(C)cc(CC)c1C1=C(O)CC(CCn2nc(C)cc2C)CC1=O. The molecule has 0 bridgehead atoms. The molecule has 1 atom stereocenters. The zero-order valence-corrected chi connectivity index (χ0v) is 17.8. The van der Waals surface area contributed by atoms with Gasteiger partial charge in [-0.15, -0.1) is 0 Å². The Morgan fingerprint density at radius 2 is 1.71 bits per heavy atom. The van der Waals surface area contributed by atoms with Gasteiger partial charge in [0.1, 0.15) is 5.76 Å². The van der Waals surface area contributed by atoms with Crippen molar-refractivity contribution in [2.75, 3.05) is 0 Å². The van der Waals surface area contributed by atoms with Gasteiger partial charge < -0.3 is 5.11 Å². The average Bonchev–Trinajstić information content (AvgIpc) is 2.97. The molecule has 4 nitrogen and oxygen atoms in total. The molecule has 0 aliphatic heterocycles. The van der Waals surface area contributed by atoms with Crippen LogP contribution in [0.2, 0.25) is 0 Å². The number of rotatable bonds is 6. The van der Waals surface area contributed by atoms with Crippen LogP contribution in [0.5, 0.6) is 0 Å². The van der Waals surface area contributed by atoms with Crippen LogP contribution < -0.4 is 0 Å². The predicted molar refractivity (Wildman–Crippen MR) is 114 cm³/mol. The first kappa shape index (κ1) is 20.4. The summed E-state index contributed by atoms with van der Waals surface area (Å²) < 4.78 is 2.00. The second-order valence-electron chi connectivity index (χ2n) is 8.12. The molecule has 1 unspecified atom stereocenters. The number of aliphatic hydroxyl groups is 1. The van der Waals surface area contributed by atoms with E-state index < -0.39 is 0 Å². The van der Waals surface area contributed by atoms with E-state index in [1.165, 1.54) is 5.56 Å². The number of aromatic nitrogens is 2. The first-order chi connectivity index (χ1) is 13.3. The molecule has 0 spiro atoms. The summed E-state index contributed by atoms with van der Waals surface area (Å²) in [6.45, 7) is 11.1. The number of aliphatic hydroxyl groups excluding tert-OH is 1. The first-order valence-electron chi connectivity index (χ1n) is 10.4. The first-order valence-corrected chi connectivity index (χ1v) is 10.4. The summed E-state index contributed by atoms with van der Waals surface area (Å²) in [4.78, 5) is 13.1. The quantitative estimate of drug-likeness (QED) is 0.742. The molecule has 0 saturated carbocycles. The molecule has 0 fully saturated rings. The van der Waals surface area contributed by atoms with Crippen LogP contribution in [0.4, 0.5) is 0 Å². The number of ketones is 1. The van der Waals surface area contributed by atoms with Crippen LogP contribution in [0, 0.1) is 26.7 Å². The Labute approximate surface area is 168 Å². The molecule has 3 rings (SSSR count). The van der Waals surface area contributed by atoms with E-state index in [9.17, 15) is 9.90 Å². The number of Topliss-reactive ketones (excluding diaryl/α,β-unsaturated/α-hetero) is 1. The van der Waals surface area contributed by atoms with Gasteiger partial charge >= 0.3 is 0 Å². The lowest BCUT2D eigenvalue weighted by molar-refractivity contribution is -0.115. The molecule has 0 saturated heterocycles. The molecule has 150 valence electrons. The van der Waals surface area contributed by atoms with E-state index in [1.54, 1.807) is 0 Å². The smallest absolute Gasteiger partial charge is 0.167 e. The van der Waals surface area contributed by atoms with Crippen molar-refractivity contribution >= 4 is 11.4 Å². The molecule has 1 aliphatic carbocycles. The summed E-state index contributed by atoms with van der Waals surface area (Å²) >= 11 is 0. The van der Waals surface area contributed by atoms with Gasteiger partial charge in [0.05, 0.1) is 11.3 Å². The Bertz CT molecular complexity index is 896. The van der Waals surface area contributed by atoms with Gasteiger partial charge in [-0.05, 0) is 68.7 Å². The average molecular weight is 381 g/mol. The highest BCUT2D eigenvalue weighted by molar-refractivity contribution is 6.22. The number of allylic oxidation sites excluding steroid dienone is 2. The third-order valence-corrected chi connectivity index (χ3v) is 5.83. The van der Waals surface area contributed by atoms with Gasteiger partial charge in [0.25, 0.3) is 0 Å². The maximum atomic E-state index is 13.1. The van der Waals surface area contributed by atoms with Gasteiger partial charge in [-0.1, -0.05) is 31.5 Å². The molecule has 1 aliphatic rings. The number of nitrogens with zero attached hydrogens (tertiary/aromatic N) is 2. The highest BCUT2D eigenvalue weighted by atomic mass is 16.3. The Morgan fingerprint density at radius 3 is 2.21 bits per heavy atom. The monoisotopic (exact) mass is 380 g/mol. The summed E-state index contributed by atoms with van der Waals surface area (Å²) in [7, 11) is 0. The van der Waals surface area contributed by atoms with Gasteiger partial charge in [0.2, 0.25) is 0 Å². The van der Waals surface area contributed by atoms with E-state index >= 15 is 0 Å². The Kier molecular flexibility index (Phi) is 6.07. The van der Waals surface area contributed by atoms with E-state index in [1.807, 2.05) is 11.6 Å². The summed E-state index contributed by atoms with van der Waals surface area (Å²) in [6.07, 6.45) is 3.63. The lowest BCUT2D eigenvalue weighted by Crippen LogP contribution is -2.22. The maximum Gasteiger partial charge on any atom is 0.167 e. The summed E-state index contributed by atoms with van der Waals surface area (Å²) in [5, 5.41) is 15.4. The molecule has 1 aromatic carbocycles. The normalized spacial score (nSPS) is 17.5. The van der Waals surface area contributed by atoms with Crippen LogP contribution in [0.25, 0.3) is 5.57 Å². The molecule has 1 N–H and O–H groups in total. The highest BCUT2D eigenvalue weighted by Gasteiger charge is 2.30. The van der Waals surface area contributed by atoms with Crippen molar-refractivity contribution in [1.29, 1.82) is 0 Å². The Morgan fingerprint density at radius 1 is 1.07 bits per heavy atom. The number of carbonyl (C=O) groups excluding carboxylic acids is 1. The molecule has 28 heavy (non-hydrogen) atoms. The van der Waals surface area contributed by atoms with Gasteiger partial charge in [0, 0.05) is 25.1 Å². The van der Waals surface area contributed by atoms with Crippen LogP contribution >= 0.6 is 0 Å². The number of carbonyl (C=O) groups is 1. The number of hydrogen-bond donors (Lipinski definition) is 1. The molecular formula is C24H32N2O2. The lowest BCUT2D eigenvalue weighted by Gasteiger charge is -2.26. The van der Waals surface area contributed by atoms with Crippen molar-refractivity contribution in [1.82, 2.24) is 9.78 Å². The Balaban J connectivity index is 1.86. The summed E-state index contributed by atoms with van der Waals surface area (Å²) in [5.41, 5.74) is 7.23. The van der Waals surface area contributed by atoms with Crippen LogP contribution in [0.15, 0.2) is 24.0 Å². The zero-order chi connectivity index (χ0) is 20.4. The molecule has 1 aromatic heterocycles. The summed E-state index contributed by atoms with van der Waals surface area (Å²) in [5.74, 6) is 0.513. The molecule has 0 amide bonds. The molecule has 0 radical (unpaired) electrons. The minimum Gasteiger partial charge on any atom is -0.512 e. The Hall–Kier alpha value is -2.36. The number of benzene rings is 1. The van der Waals surface area contributed by atoms with Gasteiger partial charge in [-0.25, -0.2) is 0 Å². The van der Waals surface area contributed by atoms with Crippen LogP contribution in [-0.4, -0.2) is 20.7 Å². The second kappa shape index (κ2) is 8.34. The molecule has 4 heteroatoms. The topological polar surface area (TPSA) is 55.1 Å². The second-order valence-corrected chi connectivity index (χ2v) is 8.12. The summed E-state index contributed by atoms with van der Waals surface area (Å²) in [6, 6.07) is 6.37. The van der Waals surface area contributed by atoms with Crippen molar-refractivity contribution in [3.8, 4) is 0 Å². The van der Waals surface area contributed by atoms with Crippen molar-refractivity contribution < 1.29 is 9.90 Å². The maximum absolute atomic E-state index is 13.1. The fourth-order valence-electron chi connectivity index (χ4n) is 4.49. The van der Waals surface area contributed by atoms with Crippen molar-refractivity contribution in [3.63, 3.8) is 0 Å². The van der Waals surface area contributed by atoms with Gasteiger partial charge in [-0.2, -0.15) is 5.10 Å². The van der Waals surface area contributed by atoms with Crippen LogP contribution in [0.3, 0.4) is 0 Å². The predicted octanol–water partition coefficient (Wildman–Crippen LogP) is 5.27. The van der Waals surface area contributed by atoms with Gasteiger partial charge in [0.15, 0.2) is 5.78 Å². The van der Waals surface area contributed by atoms with Crippen LogP contribution in [-0.2, 0) is 24.2 Å². The number of aryl methyl sites for hydroxylation is 6. The van der Waals surface area contributed by atoms with E-state index in [4.69, 9.17) is 0 Å². The minimum absolute atomic E-state index is 0.0790. The van der Waals surface area contributed by atoms with Crippen molar-refractivity contribution in [2.45, 2.75) is 73.3 Å². The van der Waals surface area contributed by atoms with Crippen molar-refractivity contribution in [3.05, 3.63) is 57.6 Å². The molecular weight excluding hydrogens is 348 g/mol. The van der Waals surface area contributed by atoms with E-state index in [0.29, 0.717) is 18.4 Å². The van der Waals surface area contributed by atoms with E-state index in [-0.39, 0.29) is 17.5 Å². The number of hydrogen-bond acceptors (Lipinski definition) is 3. The van der Waals surface area contributed by atoms with Crippen molar-refractivity contribution in [2.24, 2.45) is 5.92 Å². The van der Waals surface area contributed by atoms with Crippen LogP contribution in [0.1, 0.15) is 66.8 Å². The standard InChI is InChI=1S/C24H32N2O2/c1-6-19-10-15(3)11-20(7-2)23(19)24-21(27)13-18(14-22(24)28)8-9-26-17(5)12-16(4)25-26/h10-12,18,27H,6-9,13-14H2,1-5H3. The highest BCUT2D eigenvalue weighted by Crippen LogP contribution is 2.37. The lowest BCUT2D eigenvalue weighted by atomic mass is 9.79. The third kappa shape index (κ3) is 4.06. The molecule has 1 heterocycles. The zero-order valence-electron chi connectivity index (χ0n) is 17.8. The minimum atomic E-state index is 0.0790. The van der Waals surface area contributed by atoms with E-state index in [0.717, 1.165) is 53.9 Å². The third-order valence-electron chi connectivity index (χ3n) is 5.83. The van der Waals surface area contributed by atoms with E-state index in [2.05, 4.69) is 51.0 Å². The fourth-order valence-corrected chi connectivity index (χ4v) is 4.49. The fraction of sp³-hybridized carbons (Fsp3) is 0.500. The van der Waals surface area contributed by atoms with Gasteiger partial charge in [-0.3, -0.25) is 9.48 Å². The molecule has 2 aromatic rings.